The number of aliphatic hydroxyl groups is 1. The number of rotatable bonds is 4. The van der Waals surface area contributed by atoms with Crippen LogP contribution >= 0.6 is 12.4 Å². The number of para-hydroxylation sites is 1. The Bertz CT molecular complexity index is 859. The van der Waals surface area contributed by atoms with E-state index in [1.807, 2.05) is 18.2 Å². The summed E-state index contributed by atoms with van der Waals surface area (Å²) >= 11 is 0. The Labute approximate surface area is 152 Å². The molecule has 0 spiro atoms. The number of nitrogens with zero attached hydrogens (tertiary/aromatic N) is 4. The molecule has 134 valence electrons. The highest BCUT2D eigenvalue weighted by molar-refractivity contribution is 6.05. The first kappa shape index (κ1) is 17.9. The molecular weight excluding hydrogens is 340 g/mol. The summed E-state index contributed by atoms with van der Waals surface area (Å²) in [5, 5.41) is 10.1. The lowest BCUT2D eigenvalue weighted by molar-refractivity contribution is 0.188. The number of aliphatic hydroxyl groups excluding tert-OH is 1. The molecule has 0 bridgehead atoms. The van der Waals surface area contributed by atoms with Gasteiger partial charge in [0.25, 0.3) is 0 Å². The standard InChI is InChI=1S/C18H22N4O2.ClH/c1-2-15-19-16-13-5-3-4-6-14(13)24-17(16)18(20-15)22-9-7-21(8-10-22)11-12-23;/h3-6,23H,2,7-12H2,1H3;1H. The third-order valence-electron chi connectivity index (χ3n) is 4.65. The first-order valence-corrected chi connectivity index (χ1v) is 8.56. The quantitative estimate of drug-likeness (QED) is 0.769. The molecule has 0 saturated carbocycles. The predicted octanol–water partition coefficient (Wildman–Crippen LogP) is 2.47. The number of anilines is 1. The van der Waals surface area contributed by atoms with Gasteiger partial charge in [-0.25, -0.2) is 9.97 Å². The first-order chi connectivity index (χ1) is 11.8. The van der Waals surface area contributed by atoms with Crippen molar-refractivity contribution >= 4 is 40.3 Å². The molecule has 1 aromatic carbocycles. The summed E-state index contributed by atoms with van der Waals surface area (Å²) in [6, 6.07) is 8.02. The topological polar surface area (TPSA) is 65.6 Å². The van der Waals surface area contributed by atoms with Gasteiger partial charge in [-0.05, 0) is 12.1 Å². The summed E-state index contributed by atoms with van der Waals surface area (Å²) in [7, 11) is 0. The lowest BCUT2D eigenvalue weighted by Gasteiger charge is -2.35. The van der Waals surface area contributed by atoms with E-state index in [4.69, 9.17) is 19.5 Å². The Morgan fingerprint density at radius 1 is 1.12 bits per heavy atom. The van der Waals surface area contributed by atoms with E-state index in [0.29, 0.717) is 0 Å². The van der Waals surface area contributed by atoms with Crippen molar-refractivity contribution < 1.29 is 9.52 Å². The van der Waals surface area contributed by atoms with Crippen molar-refractivity contribution in [2.75, 3.05) is 44.2 Å². The second-order valence-electron chi connectivity index (χ2n) is 6.15. The van der Waals surface area contributed by atoms with Crippen molar-refractivity contribution in [2.45, 2.75) is 13.3 Å². The molecule has 1 aliphatic rings. The highest BCUT2D eigenvalue weighted by Crippen LogP contribution is 2.33. The van der Waals surface area contributed by atoms with Crippen molar-refractivity contribution in [2.24, 2.45) is 0 Å². The maximum Gasteiger partial charge on any atom is 0.196 e. The van der Waals surface area contributed by atoms with Crippen LogP contribution in [0.3, 0.4) is 0 Å². The molecule has 7 heteroatoms. The molecule has 2 aromatic heterocycles. The van der Waals surface area contributed by atoms with Crippen molar-refractivity contribution in [3.05, 3.63) is 30.1 Å². The highest BCUT2D eigenvalue weighted by atomic mass is 35.5. The molecule has 3 heterocycles. The van der Waals surface area contributed by atoms with Crippen LogP contribution in [0.2, 0.25) is 0 Å². The van der Waals surface area contributed by atoms with E-state index in [0.717, 1.165) is 72.9 Å². The predicted molar refractivity (Wildman–Crippen MR) is 102 cm³/mol. The van der Waals surface area contributed by atoms with Gasteiger partial charge in [0.1, 0.15) is 16.9 Å². The Morgan fingerprint density at radius 3 is 2.60 bits per heavy atom. The highest BCUT2D eigenvalue weighted by Gasteiger charge is 2.23. The van der Waals surface area contributed by atoms with Crippen LogP contribution in [0.4, 0.5) is 5.82 Å². The molecular formula is C18H23ClN4O2. The van der Waals surface area contributed by atoms with E-state index < -0.39 is 0 Å². The summed E-state index contributed by atoms with van der Waals surface area (Å²) in [5.41, 5.74) is 2.55. The Kier molecular flexibility index (Phi) is 5.42. The van der Waals surface area contributed by atoms with Crippen LogP contribution < -0.4 is 4.90 Å². The molecule has 1 saturated heterocycles. The van der Waals surface area contributed by atoms with Gasteiger partial charge in [-0.3, -0.25) is 4.90 Å². The van der Waals surface area contributed by atoms with Crippen LogP contribution in [-0.4, -0.2) is 59.3 Å². The number of hydrogen-bond donors (Lipinski definition) is 1. The molecule has 1 aliphatic heterocycles. The van der Waals surface area contributed by atoms with Crippen molar-refractivity contribution in [1.82, 2.24) is 14.9 Å². The zero-order valence-electron chi connectivity index (χ0n) is 14.3. The lowest BCUT2D eigenvalue weighted by Crippen LogP contribution is -2.47. The average Bonchev–Trinajstić information content (AvgIpc) is 3.00. The average molecular weight is 363 g/mol. The van der Waals surface area contributed by atoms with Crippen molar-refractivity contribution in [1.29, 1.82) is 0 Å². The number of piperazine rings is 1. The van der Waals surface area contributed by atoms with Gasteiger partial charge in [0, 0.05) is 44.5 Å². The molecule has 0 atom stereocenters. The van der Waals surface area contributed by atoms with Crippen LogP contribution in [0, 0.1) is 0 Å². The summed E-state index contributed by atoms with van der Waals surface area (Å²) < 4.78 is 6.09. The maximum absolute atomic E-state index is 9.10. The molecule has 25 heavy (non-hydrogen) atoms. The van der Waals surface area contributed by atoms with E-state index in [-0.39, 0.29) is 19.0 Å². The third-order valence-corrected chi connectivity index (χ3v) is 4.65. The number of β-amino-alcohol motifs (C(OH)–C–C–N with tert-alkyl or cyclic N) is 1. The number of benzene rings is 1. The van der Waals surface area contributed by atoms with E-state index in [9.17, 15) is 0 Å². The molecule has 4 rings (SSSR count). The van der Waals surface area contributed by atoms with Crippen molar-refractivity contribution in [3.63, 3.8) is 0 Å². The fraction of sp³-hybridized carbons (Fsp3) is 0.444. The molecule has 0 radical (unpaired) electrons. The Morgan fingerprint density at radius 2 is 1.88 bits per heavy atom. The second kappa shape index (κ2) is 7.56. The van der Waals surface area contributed by atoms with Crippen LogP contribution in [0.1, 0.15) is 12.7 Å². The SMILES string of the molecule is CCc1nc(N2CCN(CCO)CC2)c2oc3ccccc3c2n1.Cl. The number of aryl methyl sites for hydroxylation is 1. The monoisotopic (exact) mass is 362 g/mol. The number of hydrogen-bond acceptors (Lipinski definition) is 6. The lowest BCUT2D eigenvalue weighted by atomic mass is 10.2. The first-order valence-electron chi connectivity index (χ1n) is 8.56. The Hall–Kier alpha value is -1.89. The van der Waals surface area contributed by atoms with Gasteiger partial charge in [-0.2, -0.15) is 0 Å². The zero-order chi connectivity index (χ0) is 16.5. The summed E-state index contributed by atoms with van der Waals surface area (Å²) in [6.07, 6.45) is 0.799. The normalized spacial score (nSPS) is 15.7. The van der Waals surface area contributed by atoms with Gasteiger partial charge in [0.05, 0.1) is 6.61 Å². The maximum atomic E-state index is 9.10. The largest absolute Gasteiger partial charge is 0.450 e. The van der Waals surface area contributed by atoms with Gasteiger partial charge in [-0.15, -0.1) is 12.4 Å². The van der Waals surface area contributed by atoms with Gasteiger partial charge >= 0.3 is 0 Å². The van der Waals surface area contributed by atoms with Crippen LogP contribution in [0.15, 0.2) is 28.7 Å². The fourth-order valence-electron chi connectivity index (χ4n) is 3.32. The van der Waals surface area contributed by atoms with Gasteiger partial charge < -0.3 is 14.4 Å². The van der Waals surface area contributed by atoms with E-state index in [2.05, 4.69) is 22.8 Å². The van der Waals surface area contributed by atoms with Gasteiger partial charge in [0.15, 0.2) is 11.4 Å². The van der Waals surface area contributed by atoms with Crippen LogP contribution in [0.5, 0.6) is 0 Å². The minimum atomic E-state index is 0. The Balaban J connectivity index is 0.00000182. The van der Waals surface area contributed by atoms with Gasteiger partial charge in [-0.1, -0.05) is 19.1 Å². The van der Waals surface area contributed by atoms with E-state index in [1.54, 1.807) is 0 Å². The van der Waals surface area contributed by atoms with Crippen molar-refractivity contribution in [3.8, 4) is 0 Å². The zero-order valence-corrected chi connectivity index (χ0v) is 15.1. The minimum Gasteiger partial charge on any atom is -0.450 e. The smallest absolute Gasteiger partial charge is 0.196 e. The summed E-state index contributed by atoms with van der Waals surface area (Å²) in [5.74, 6) is 1.75. The van der Waals surface area contributed by atoms with Crippen LogP contribution in [-0.2, 0) is 6.42 Å². The number of halogens is 1. The minimum absolute atomic E-state index is 0. The fourth-order valence-corrected chi connectivity index (χ4v) is 3.32. The van der Waals surface area contributed by atoms with Gasteiger partial charge in [0.2, 0.25) is 0 Å². The molecule has 1 fully saturated rings. The number of furan rings is 1. The molecule has 6 nitrogen and oxygen atoms in total. The molecule has 3 aromatic rings. The molecule has 0 unspecified atom stereocenters. The van der Waals surface area contributed by atoms with E-state index >= 15 is 0 Å². The molecule has 0 amide bonds. The summed E-state index contributed by atoms with van der Waals surface area (Å²) in [4.78, 5) is 14.0. The third kappa shape index (κ3) is 3.29. The van der Waals surface area contributed by atoms with Crippen LogP contribution in [0.25, 0.3) is 22.1 Å². The second-order valence-corrected chi connectivity index (χ2v) is 6.15. The molecule has 1 N–H and O–H groups in total. The number of aromatic nitrogens is 2. The van der Waals surface area contributed by atoms with E-state index in [1.165, 1.54) is 0 Å². The molecule has 0 aliphatic carbocycles. The number of fused-ring (bicyclic) bond motifs is 3. The summed E-state index contributed by atoms with van der Waals surface area (Å²) in [6.45, 7) is 6.63.